The third-order valence-electron chi connectivity index (χ3n) is 16.0. The summed E-state index contributed by atoms with van der Waals surface area (Å²) in [7, 11) is 0. The summed E-state index contributed by atoms with van der Waals surface area (Å²) < 4.78 is 7.39. The van der Waals surface area contributed by atoms with Gasteiger partial charge in [0.25, 0.3) is 6.71 Å². The standard InChI is InChI=1S/C58H69BN2O/c1-34-29-45-49-46(30-34)61(44-33-42-41(31-35(44)2)56(11,12)25-26-57(42,13)14)51-43(23-22-40-48(51)58(15,16)28-27-55(40,9)10)59(49)52-50(39-32-37(54(6,7)8)19-24-47(39)62-52)60(45)38-20-17-36(18-21-38)53(3,4)5/h17-24,29-33H,25-28H2,1-16H3. The number of hydrogen-bond donors (Lipinski definition) is 0. The molecular formula is C58H69BN2O. The monoisotopic (exact) mass is 821 g/mol. The molecule has 0 saturated heterocycles. The highest BCUT2D eigenvalue weighted by molar-refractivity contribution is 7.00. The Labute approximate surface area is 373 Å². The molecule has 4 aliphatic rings. The molecule has 320 valence electrons. The van der Waals surface area contributed by atoms with Crippen molar-refractivity contribution in [2.75, 3.05) is 9.80 Å². The number of rotatable bonds is 2. The maximum atomic E-state index is 7.39. The summed E-state index contributed by atoms with van der Waals surface area (Å²) >= 11 is 0. The van der Waals surface area contributed by atoms with Crippen LogP contribution < -0.4 is 26.4 Å². The van der Waals surface area contributed by atoms with Gasteiger partial charge in [0, 0.05) is 33.8 Å². The van der Waals surface area contributed by atoms with Gasteiger partial charge in [-0.3, -0.25) is 0 Å². The van der Waals surface area contributed by atoms with E-state index in [4.69, 9.17) is 4.42 Å². The van der Waals surface area contributed by atoms with Crippen molar-refractivity contribution in [1.82, 2.24) is 0 Å². The number of anilines is 6. The fraction of sp³-hybridized carbons (Fsp3) is 0.448. The number of nitrogens with zero attached hydrogens (tertiary/aromatic N) is 2. The fourth-order valence-corrected chi connectivity index (χ4v) is 11.9. The van der Waals surface area contributed by atoms with Crippen molar-refractivity contribution in [3.05, 3.63) is 123 Å². The highest BCUT2D eigenvalue weighted by atomic mass is 16.3. The van der Waals surface area contributed by atoms with E-state index in [2.05, 4.69) is 199 Å². The first-order valence-corrected chi connectivity index (χ1v) is 23.6. The van der Waals surface area contributed by atoms with Gasteiger partial charge in [0.05, 0.1) is 11.3 Å². The van der Waals surface area contributed by atoms with Crippen molar-refractivity contribution in [2.24, 2.45) is 0 Å². The number of benzene rings is 5. The highest BCUT2D eigenvalue weighted by Gasteiger charge is 2.51. The van der Waals surface area contributed by atoms with Crippen molar-refractivity contribution < 1.29 is 4.42 Å². The lowest BCUT2D eigenvalue weighted by molar-refractivity contribution is 0.331. The van der Waals surface area contributed by atoms with Gasteiger partial charge in [-0.1, -0.05) is 133 Å². The Morgan fingerprint density at radius 3 is 1.69 bits per heavy atom. The van der Waals surface area contributed by atoms with Gasteiger partial charge >= 0.3 is 0 Å². The second-order valence-corrected chi connectivity index (χ2v) is 24.5. The summed E-state index contributed by atoms with van der Waals surface area (Å²) in [6, 6.07) is 31.5. The van der Waals surface area contributed by atoms with Crippen molar-refractivity contribution >= 4 is 68.4 Å². The first-order valence-electron chi connectivity index (χ1n) is 23.6. The number of hydrogen-bond acceptors (Lipinski definition) is 3. The van der Waals surface area contributed by atoms with Crippen LogP contribution >= 0.6 is 0 Å². The van der Waals surface area contributed by atoms with E-state index in [9.17, 15) is 0 Å². The van der Waals surface area contributed by atoms with Crippen LogP contribution in [0, 0.1) is 13.8 Å². The van der Waals surface area contributed by atoms with Gasteiger partial charge in [-0.25, -0.2) is 0 Å². The first kappa shape index (κ1) is 41.3. The Balaban J connectivity index is 1.36. The molecule has 1 aromatic heterocycles. The molecule has 0 bridgehead atoms. The molecule has 2 aliphatic carbocycles. The SMILES string of the molecule is Cc1cc2c3c(c1)N(c1ccc(C(C)(C)C)cc1)c1c(oc4ccc(C(C)(C)C)cc14)B3c1ccc3c(c1N2c1cc2c(cc1C)C(C)(C)CCC2(C)C)C(C)(C)CCC3(C)C. The van der Waals surface area contributed by atoms with Crippen LogP contribution in [0.25, 0.3) is 11.0 Å². The zero-order valence-electron chi connectivity index (χ0n) is 40.7. The van der Waals surface area contributed by atoms with Gasteiger partial charge < -0.3 is 14.2 Å². The van der Waals surface area contributed by atoms with E-state index in [0.29, 0.717) is 0 Å². The predicted octanol–water partition coefficient (Wildman–Crippen LogP) is 14.4. The second-order valence-electron chi connectivity index (χ2n) is 24.5. The maximum Gasteiger partial charge on any atom is 0.297 e. The topological polar surface area (TPSA) is 19.6 Å². The summed E-state index contributed by atoms with van der Waals surface area (Å²) in [5.74, 6) is 0. The average molecular weight is 821 g/mol. The Bertz CT molecular complexity index is 2850. The molecular weight excluding hydrogens is 751 g/mol. The van der Waals surface area contributed by atoms with E-state index >= 15 is 0 Å². The van der Waals surface area contributed by atoms with E-state index < -0.39 is 0 Å². The third-order valence-corrected chi connectivity index (χ3v) is 16.0. The molecule has 62 heavy (non-hydrogen) atoms. The van der Waals surface area contributed by atoms with Crippen LogP contribution in [-0.2, 0) is 32.5 Å². The summed E-state index contributed by atoms with van der Waals surface area (Å²) in [5, 5.41) is 1.18. The normalized spacial score (nSPS) is 19.1. The van der Waals surface area contributed by atoms with E-state index in [1.54, 1.807) is 0 Å². The molecule has 0 atom stereocenters. The van der Waals surface area contributed by atoms with Crippen LogP contribution in [0.15, 0.2) is 83.3 Å². The van der Waals surface area contributed by atoms with Crippen LogP contribution in [0.5, 0.6) is 0 Å². The minimum absolute atomic E-state index is 0.0141. The largest absolute Gasteiger partial charge is 0.468 e. The number of furan rings is 1. The van der Waals surface area contributed by atoms with Gasteiger partial charge in [-0.2, -0.15) is 0 Å². The zero-order valence-corrected chi connectivity index (χ0v) is 40.7. The first-order chi connectivity index (χ1) is 28.8. The lowest BCUT2D eigenvalue weighted by Crippen LogP contribution is -2.61. The Hall–Kier alpha value is -4.70. The third kappa shape index (κ3) is 5.97. The van der Waals surface area contributed by atoms with E-state index in [1.807, 2.05) is 0 Å². The minimum Gasteiger partial charge on any atom is -0.468 e. The van der Waals surface area contributed by atoms with Gasteiger partial charge in [-0.05, 0) is 170 Å². The maximum absolute atomic E-state index is 7.39. The predicted molar refractivity (Wildman–Crippen MR) is 268 cm³/mol. The molecule has 0 spiro atoms. The second kappa shape index (κ2) is 13.0. The van der Waals surface area contributed by atoms with E-state index in [1.165, 1.54) is 109 Å². The molecule has 0 fully saturated rings. The van der Waals surface area contributed by atoms with Gasteiger partial charge in [-0.15, -0.1) is 0 Å². The van der Waals surface area contributed by atoms with Gasteiger partial charge in [0.15, 0.2) is 0 Å². The Morgan fingerprint density at radius 1 is 0.532 bits per heavy atom. The van der Waals surface area contributed by atoms with Crippen LogP contribution in [0.3, 0.4) is 0 Å². The van der Waals surface area contributed by atoms with Crippen molar-refractivity contribution in [2.45, 2.75) is 169 Å². The van der Waals surface area contributed by atoms with Crippen molar-refractivity contribution in [3.63, 3.8) is 0 Å². The summed E-state index contributed by atoms with van der Waals surface area (Å²) in [6.07, 6.45) is 4.69. The summed E-state index contributed by atoms with van der Waals surface area (Å²) in [6.45, 7) is 38.3. The quantitative estimate of drug-likeness (QED) is 0.162. The molecule has 3 heterocycles. The Kier molecular flexibility index (Phi) is 8.63. The molecule has 6 aromatic rings. The Morgan fingerprint density at radius 2 is 1.08 bits per heavy atom. The lowest BCUT2D eigenvalue weighted by atomic mass is 9.35. The molecule has 4 heteroatoms. The van der Waals surface area contributed by atoms with Crippen LogP contribution in [0.2, 0.25) is 0 Å². The minimum atomic E-state index is -0.0862. The van der Waals surface area contributed by atoms with Crippen LogP contribution in [-0.4, -0.2) is 6.71 Å². The van der Waals surface area contributed by atoms with Gasteiger partial charge in [0.1, 0.15) is 5.58 Å². The molecule has 10 rings (SSSR count). The molecule has 0 N–H and O–H groups in total. The number of fused-ring (bicyclic) bond motifs is 9. The average Bonchev–Trinajstić information content (AvgIpc) is 3.56. The fourth-order valence-electron chi connectivity index (χ4n) is 11.9. The summed E-state index contributed by atoms with van der Waals surface area (Å²) in [5.41, 5.74) is 23.7. The molecule has 0 unspecified atom stereocenters. The number of aryl methyl sites for hydroxylation is 2. The molecule has 0 saturated carbocycles. The molecule has 3 nitrogen and oxygen atoms in total. The smallest absolute Gasteiger partial charge is 0.297 e. The molecule has 5 aromatic carbocycles. The zero-order chi connectivity index (χ0) is 44.4. The lowest BCUT2D eigenvalue weighted by Gasteiger charge is -2.49. The van der Waals surface area contributed by atoms with E-state index in [-0.39, 0.29) is 39.2 Å². The molecule has 0 amide bonds. The molecule has 0 radical (unpaired) electrons. The molecule has 2 aliphatic heterocycles. The van der Waals surface area contributed by atoms with Crippen molar-refractivity contribution in [1.29, 1.82) is 0 Å². The highest BCUT2D eigenvalue weighted by Crippen LogP contribution is 2.56. The summed E-state index contributed by atoms with van der Waals surface area (Å²) in [4.78, 5) is 5.31. The van der Waals surface area contributed by atoms with Crippen LogP contribution in [0.4, 0.5) is 34.1 Å². The van der Waals surface area contributed by atoms with E-state index in [0.717, 1.165) is 23.4 Å². The van der Waals surface area contributed by atoms with Gasteiger partial charge in [0.2, 0.25) is 0 Å². The van der Waals surface area contributed by atoms with Crippen molar-refractivity contribution in [3.8, 4) is 0 Å². The van der Waals surface area contributed by atoms with Crippen LogP contribution in [0.1, 0.15) is 167 Å².